The summed E-state index contributed by atoms with van der Waals surface area (Å²) in [6, 6.07) is 12.0. The number of rotatable bonds is 3. The quantitative estimate of drug-likeness (QED) is 0.914. The van der Waals surface area contributed by atoms with Crippen molar-refractivity contribution in [2.75, 3.05) is 18.9 Å². The Morgan fingerprint density at radius 3 is 2.50 bits per heavy atom. The van der Waals surface area contributed by atoms with Gasteiger partial charge in [0.25, 0.3) is 0 Å². The number of alkyl halides is 3. The molecule has 1 unspecified atom stereocenters. The number of amides is 2. The number of hydrogen-bond donors (Lipinski definition) is 2. The average molecular weight is 312 g/mol. The van der Waals surface area contributed by atoms with Crippen molar-refractivity contribution in [2.24, 2.45) is 0 Å². The van der Waals surface area contributed by atoms with Crippen LogP contribution in [0.1, 0.15) is 0 Å². The molecule has 0 bridgehead atoms. The molecule has 118 valence electrons. The standard InChI is InChI=1S/C15H15F3N2O2/c1-20(9-13(21)15(16,17)18)14(22)19-12-7-6-10-4-2-3-5-11(10)8-12/h2-8,13,21H,9H2,1H3,(H,19,22). The molecule has 7 heteroatoms. The van der Waals surface area contributed by atoms with E-state index in [4.69, 9.17) is 5.11 Å². The zero-order chi connectivity index (χ0) is 16.3. The van der Waals surface area contributed by atoms with Gasteiger partial charge in [-0.15, -0.1) is 0 Å². The SMILES string of the molecule is CN(CC(O)C(F)(F)F)C(=O)Nc1ccc2ccccc2c1. The number of anilines is 1. The van der Waals surface area contributed by atoms with Crippen molar-refractivity contribution in [2.45, 2.75) is 12.3 Å². The first kappa shape index (κ1) is 16.1. The molecule has 0 saturated heterocycles. The molecule has 2 N–H and O–H groups in total. The molecule has 1 atom stereocenters. The van der Waals surface area contributed by atoms with E-state index in [-0.39, 0.29) is 0 Å². The van der Waals surface area contributed by atoms with Gasteiger partial charge in [0.2, 0.25) is 0 Å². The molecule has 2 rings (SSSR count). The Labute approximate surface area is 125 Å². The van der Waals surface area contributed by atoms with Gasteiger partial charge < -0.3 is 15.3 Å². The van der Waals surface area contributed by atoms with E-state index in [0.29, 0.717) is 5.69 Å². The molecule has 0 aliphatic carbocycles. The van der Waals surface area contributed by atoms with Crippen molar-refractivity contribution in [3.8, 4) is 0 Å². The summed E-state index contributed by atoms with van der Waals surface area (Å²) < 4.78 is 36.8. The van der Waals surface area contributed by atoms with Gasteiger partial charge in [-0.3, -0.25) is 0 Å². The second-order valence-corrected chi connectivity index (χ2v) is 4.93. The van der Waals surface area contributed by atoms with E-state index in [1.165, 1.54) is 7.05 Å². The largest absolute Gasteiger partial charge is 0.416 e. The van der Waals surface area contributed by atoms with Gasteiger partial charge in [-0.25, -0.2) is 4.79 Å². The fraction of sp³-hybridized carbons (Fsp3) is 0.267. The van der Waals surface area contributed by atoms with Crippen molar-refractivity contribution in [3.63, 3.8) is 0 Å². The minimum absolute atomic E-state index is 0.469. The molecule has 0 heterocycles. The van der Waals surface area contributed by atoms with Gasteiger partial charge in [0.15, 0.2) is 6.10 Å². The smallest absolute Gasteiger partial charge is 0.382 e. The maximum Gasteiger partial charge on any atom is 0.416 e. The molecule has 0 aliphatic rings. The van der Waals surface area contributed by atoms with Gasteiger partial charge >= 0.3 is 12.2 Å². The van der Waals surface area contributed by atoms with Crippen LogP contribution >= 0.6 is 0 Å². The van der Waals surface area contributed by atoms with E-state index in [1.807, 2.05) is 24.3 Å². The molecule has 0 aromatic heterocycles. The molecule has 0 fully saturated rings. The molecule has 0 radical (unpaired) electrons. The molecule has 22 heavy (non-hydrogen) atoms. The number of hydrogen-bond acceptors (Lipinski definition) is 2. The van der Waals surface area contributed by atoms with Crippen molar-refractivity contribution in [3.05, 3.63) is 42.5 Å². The van der Waals surface area contributed by atoms with Crippen LogP contribution in [-0.2, 0) is 0 Å². The van der Waals surface area contributed by atoms with Crippen molar-refractivity contribution in [1.82, 2.24) is 4.90 Å². The number of nitrogens with one attached hydrogen (secondary N) is 1. The van der Waals surface area contributed by atoms with Gasteiger partial charge in [0.05, 0.1) is 6.54 Å². The zero-order valence-corrected chi connectivity index (χ0v) is 11.8. The molecular formula is C15H15F3N2O2. The number of nitrogens with zero attached hydrogens (tertiary/aromatic N) is 1. The van der Waals surface area contributed by atoms with E-state index in [2.05, 4.69) is 5.32 Å². The van der Waals surface area contributed by atoms with Crippen LogP contribution < -0.4 is 5.32 Å². The lowest BCUT2D eigenvalue weighted by Crippen LogP contribution is -2.43. The first-order valence-corrected chi connectivity index (χ1v) is 6.53. The normalized spacial score (nSPS) is 13.0. The molecule has 0 aliphatic heterocycles. The minimum Gasteiger partial charge on any atom is -0.382 e. The maximum absolute atomic E-state index is 12.3. The van der Waals surface area contributed by atoms with Gasteiger partial charge in [0.1, 0.15) is 0 Å². The Bertz CT molecular complexity index is 673. The van der Waals surface area contributed by atoms with E-state index < -0.39 is 24.9 Å². The van der Waals surface area contributed by atoms with Crippen LogP contribution in [0.15, 0.2) is 42.5 Å². The summed E-state index contributed by atoms with van der Waals surface area (Å²) in [5.41, 5.74) is 0.469. The highest BCUT2D eigenvalue weighted by molar-refractivity contribution is 5.93. The molecule has 0 spiro atoms. The Kier molecular flexibility index (Phi) is 4.56. The average Bonchev–Trinajstić information content (AvgIpc) is 2.46. The Hall–Kier alpha value is -2.28. The highest BCUT2D eigenvalue weighted by atomic mass is 19.4. The predicted octanol–water partition coefficient (Wildman–Crippen LogP) is 3.23. The second-order valence-electron chi connectivity index (χ2n) is 4.93. The summed E-state index contributed by atoms with van der Waals surface area (Å²) >= 11 is 0. The summed E-state index contributed by atoms with van der Waals surface area (Å²) in [5.74, 6) is 0. The van der Waals surface area contributed by atoms with Crippen LogP contribution in [0.2, 0.25) is 0 Å². The Balaban J connectivity index is 2.03. The Morgan fingerprint density at radius 2 is 1.86 bits per heavy atom. The summed E-state index contributed by atoms with van der Waals surface area (Å²) in [6.45, 7) is -0.830. The predicted molar refractivity (Wildman–Crippen MR) is 77.7 cm³/mol. The van der Waals surface area contributed by atoms with Crippen LogP contribution in [0.5, 0.6) is 0 Å². The fourth-order valence-corrected chi connectivity index (χ4v) is 1.93. The third kappa shape index (κ3) is 3.88. The minimum atomic E-state index is -4.75. The number of aliphatic hydroxyl groups is 1. The lowest BCUT2D eigenvalue weighted by molar-refractivity contribution is -0.205. The highest BCUT2D eigenvalue weighted by Gasteiger charge is 2.39. The number of carbonyl (C=O) groups excluding carboxylic acids is 1. The molecule has 0 saturated carbocycles. The maximum atomic E-state index is 12.3. The summed E-state index contributed by atoms with van der Waals surface area (Å²) in [5, 5.41) is 13.4. The third-order valence-corrected chi connectivity index (χ3v) is 3.17. The van der Waals surface area contributed by atoms with Gasteiger partial charge in [-0.1, -0.05) is 30.3 Å². The van der Waals surface area contributed by atoms with Crippen molar-refractivity contribution < 1.29 is 23.1 Å². The third-order valence-electron chi connectivity index (χ3n) is 3.17. The zero-order valence-electron chi connectivity index (χ0n) is 11.8. The van der Waals surface area contributed by atoms with Gasteiger partial charge in [0, 0.05) is 12.7 Å². The second kappa shape index (κ2) is 6.23. The molecule has 2 aromatic carbocycles. The topological polar surface area (TPSA) is 52.6 Å². The first-order chi connectivity index (χ1) is 10.3. The van der Waals surface area contributed by atoms with E-state index in [9.17, 15) is 18.0 Å². The van der Waals surface area contributed by atoms with E-state index >= 15 is 0 Å². The first-order valence-electron chi connectivity index (χ1n) is 6.53. The number of halogens is 3. The van der Waals surface area contributed by atoms with Crippen LogP contribution in [0.4, 0.5) is 23.7 Å². The van der Waals surface area contributed by atoms with Gasteiger partial charge in [-0.05, 0) is 22.9 Å². The number of urea groups is 1. The summed E-state index contributed by atoms with van der Waals surface area (Å²) in [7, 11) is 1.19. The van der Waals surface area contributed by atoms with Crippen LogP contribution in [0.25, 0.3) is 10.8 Å². The summed E-state index contributed by atoms with van der Waals surface area (Å²) in [4.78, 5) is 12.6. The van der Waals surface area contributed by atoms with Crippen molar-refractivity contribution >= 4 is 22.5 Å². The molecule has 2 aromatic rings. The monoisotopic (exact) mass is 312 g/mol. The molecule has 2 amide bonds. The molecule has 4 nitrogen and oxygen atoms in total. The number of fused-ring (bicyclic) bond motifs is 1. The van der Waals surface area contributed by atoms with E-state index in [0.717, 1.165) is 15.7 Å². The lowest BCUT2D eigenvalue weighted by atomic mass is 10.1. The number of benzene rings is 2. The van der Waals surface area contributed by atoms with Crippen LogP contribution in [-0.4, -0.2) is 41.9 Å². The van der Waals surface area contributed by atoms with Crippen molar-refractivity contribution in [1.29, 1.82) is 0 Å². The van der Waals surface area contributed by atoms with Crippen LogP contribution in [0.3, 0.4) is 0 Å². The number of aliphatic hydroxyl groups excluding tert-OH is 1. The van der Waals surface area contributed by atoms with Crippen LogP contribution in [0, 0.1) is 0 Å². The fourth-order valence-electron chi connectivity index (χ4n) is 1.93. The number of carbonyl (C=O) groups is 1. The lowest BCUT2D eigenvalue weighted by Gasteiger charge is -2.22. The van der Waals surface area contributed by atoms with E-state index in [1.54, 1.807) is 18.2 Å². The summed E-state index contributed by atoms with van der Waals surface area (Å²) in [6.07, 6.45) is -7.32. The molecular weight excluding hydrogens is 297 g/mol. The number of likely N-dealkylation sites (N-methyl/N-ethyl adjacent to an activating group) is 1. The van der Waals surface area contributed by atoms with Gasteiger partial charge in [-0.2, -0.15) is 13.2 Å². The Morgan fingerprint density at radius 1 is 1.23 bits per heavy atom. The highest BCUT2D eigenvalue weighted by Crippen LogP contribution is 2.21.